The smallest absolute Gasteiger partial charge is 0.350 e. The topological polar surface area (TPSA) is 62.1 Å². The Labute approximate surface area is 113 Å². The van der Waals surface area contributed by atoms with Crippen molar-refractivity contribution in [2.24, 2.45) is 0 Å². The zero-order valence-corrected chi connectivity index (χ0v) is 11.4. The summed E-state index contributed by atoms with van der Waals surface area (Å²) in [4.78, 5) is 11.4. The number of carbonyl (C=O) groups excluding carboxylic acids is 1. The fourth-order valence-corrected chi connectivity index (χ4v) is 1.49. The molecule has 4 nitrogen and oxygen atoms in total. The van der Waals surface area contributed by atoms with E-state index in [1.165, 1.54) is 11.8 Å². The molecule has 0 spiro atoms. The van der Waals surface area contributed by atoms with Crippen LogP contribution in [-0.2, 0) is 9.53 Å². The second kappa shape index (κ2) is 7.22. The van der Waals surface area contributed by atoms with Gasteiger partial charge in [-0.3, -0.25) is 0 Å². The second-order valence-corrected chi connectivity index (χ2v) is 4.31. The summed E-state index contributed by atoms with van der Waals surface area (Å²) in [5.41, 5.74) is 1.98. The average Bonchev–Trinajstić information content (AvgIpc) is 2.40. The van der Waals surface area contributed by atoms with E-state index in [4.69, 9.17) is 10.00 Å². The molecular weight excluding hydrogens is 240 g/mol. The number of anilines is 1. The second-order valence-electron chi connectivity index (χ2n) is 4.31. The first-order valence-electron chi connectivity index (χ1n) is 6.22. The maximum atomic E-state index is 11.4. The van der Waals surface area contributed by atoms with Crippen molar-refractivity contribution in [3.63, 3.8) is 0 Å². The zero-order chi connectivity index (χ0) is 14.3. The van der Waals surface area contributed by atoms with Gasteiger partial charge in [-0.25, -0.2) is 4.79 Å². The normalized spacial score (nSPS) is 11.0. The Morgan fingerprint density at radius 1 is 1.53 bits per heavy atom. The van der Waals surface area contributed by atoms with Gasteiger partial charge in [-0.05, 0) is 30.5 Å². The predicted molar refractivity (Wildman–Crippen MR) is 74.5 cm³/mol. The molecule has 0 bridgehead atoms. The Bertz CT molecular complexity index is 513. The molecule has 0 fully saturated rings. The van der Waals surface area contributed by atoms with E-state index >= 15 is 0 Å². The van der Waals surface area contributed by atoms with E-state index in [1.54, 1.807) is 6.92 Å². The third-order valence-electron chi connectivity index (χ3n) is 2.55. The van der Waals surface area contributed by atoms with Crippen molar-refractivity contribution in [3.05, 3.63) is 41.6 Å². The monoisotopic (exact) mass is 258 g/mol. The van der Waals surface area contributed by atoms with Gasteiger partial charge in [0.2, 0.25) is 0 Å². The maximum absolute atomic E-state index is 11.4. The van der Waals surface area contributed by atoms with E-state index in [0.717, 1.165) is 5.69 Å². The van der Waals surface area contributed by atoms with Gasteiger partial charge in [0, 0.05) is 11.9 Å². The lowest BCUT2D eigenvalue weighted by atomic mass is 10.0. The average molecular weight is 258 g/mol. The number of nitrogens with one attached hydrogen (secondary N) is 1. The molecule has 1 rings (SSSR count). The number of esters is 1. The SMILES string of the molecule is CCOC(=O)/C(C#N)=C/Nc1cccc(C(C)C)c1. The van der Waals surface area contributed by atoms with Gasteiger partial charge >= 0.3 is 5.97 Å². The fourth-order valence-electron chi connectivity index (χ4n) is 1.49. The highest BCUT2D eigenvalue weighted by Crippen LogP contribution is 2.18. The van der Waals surface area contributed by atoms with Crippen molar-refractivity contribution in [2.45, 2.75) is 26.7 Å². The van der Waals surface area contributed by atoms with E-state index in [9.17, 15) is 4.79 Å². The minimum Gasteiger partial charge on any atom is -0.462 e. The summed E-state index contributed by atoms with van der Waals surface area (Å²) in [6, 6.07) is 9.65. The summed E-state index contributed by atoms with van der Waals surface area (Å²) in [5, 5.41) is 11.8. The predicted octanol–water partition coefficient (Wildman–Crippen LogP) is 3.19. The zero-order valence-electron chi connectivity index (χ0n) is 11.4. The van der Waals surface area contributed by atoms with Crippen LogP contribution < -0.4 is 5.32 Å². The van der Waals surface area contributed by atoms with Gasteiger partial charge in [-0.1, -0.05) is 26.0 Å². The Hall–Kier alpha value is -2.28. The van der Waals surface area contributed by atoms with E-state index in [1.807, 2.05) is 30.3 Å². The van der Waals surface area contributed by atoms with E-state index in [-0.39, 0.29) is 12.2 Å². The van der Waals surface area contributed by atoms with Crippen molar-refractivity contribution in [3.8, 4) is 6.07 Å². The molecule has 19 heavy (non-hydrogen) atoms. The third-order valence-corrected chi connectivity index (χ3v) is 2.55. The van der Waals surface area contributed by atoms with Crippen molar-refractivity contribution >= 4 is 11.7 Å². The first kappa shape index (κ1) is 14.8. The first-order chi connectivity index (χ1) is 9.08. The van der Waals surface area contributed by atoms with E-state index < -0.39 is 5.97 Å². The van der Waals surface area contributed by atoms with E-state index in [2.05, 4.69) is 19.2 Å². The summed E-state index contributed by atoms with van der Waals surface area (Å²) >= 11 is 0. The molecular formula is C15H18N2O2. The summed E-state index contributed by atoms with van der Waals surface area (Å²) in [6.45, 7) is 6.16. The van der Waals surface area contributed by atoms with Gasteiger partial charge in [0.05, 0.1) is 6.61 Å². The van der Waals surface area contributed by atoms with Crippen LogP contribution in [0.15, 0.2) is 36.0 Å². The largest absolute Gasteiger partial charge is 0.462 e. The third kappa shape index (κ3) is 4.47. The molecule has 0 aliphatic heterocycles. The van der Waals surface area contributed by atoms with Gasteiger partial charge in [-0.15, -0.1) is 0 Å². The molecule has 0 amide bonds. The number of carbonyl (C=O) groups is 1. The van der Waals surface area contributed by atoms with Crippen LogP contribution >= 0.6 is 0 Å². The molecule has 0 atom stereocenters. The lowest BCUT2D eigenvalue weighted by Crippen LogP contribution is -2.07. The molecule has 0 aliphatic carbocycles. The summed E-state index contributed by atoms with van der Waals surface area (Å²) in [5.74, 6) is -0.191. The number of hydrogen-bond acceptors (Lipinski definition) is 4. The van der Waals surface area contributed by atoms with Gasteiger partial charge in [0.25, 0.3) is 0 Å². The molecule has 0 heterocycles. The highest BCUT2D eigenvalue weighted by molar-refractivity contribution is 5.93. The van der Waals surface area contributed by atoms with Crippen LogP contribution in [0.5, 0.6) is 0 Å². The van der Waals surface area contributed by atoms with Gasteiger partial charge in [0.15, 0.2) is 5.57 Å². The molecule has 1 N–H and O–H groups in total. The number of hydrogen-bond donors (Lipinski definition) is 1. The molecule has 0 saturated heterocycles. The van der Waals surface area contributed by atoms with Crippen LogP contribution in [0.1, 0.15) is 32.3 Å². The van der Waals surface area contributed by atoms with Crippen molar-refractivity contribution in [1.29, 1.82) is 5.26 Å². The molecule has 0 radical (unpaired) electrons. The molecule has 0 unspecified atom stereocenters. The van der Waals surface area contributed by atoms with Crippen LogP contribution in [0, 0.1) is 11.3 Å². The molecule has 4 heteroatoms. The minimum atomic E-state index is -0.613. The highest BCUT2D eigenvalue weighted by Gasteiger charge is 2.09. The quantitative estimate of drug-likeness (QED) is 0.500. The summed E-state index contributed by atoms with van der Waals surface area (Å²) in [7, 11) is 0. The molecule has 100 valence electrons. The molecule has 0 aromatic heterocycles. The number of nitrogens with zero attached hydrogens (tertiary/aromatic N) is 1. The van der Waals surface area contributed by atoms with E-state index in [0.29, 0.717) is 5.92 Å². The summed E-state index contributed by atoms with van der Waals surface area (Å²) < 4.78 is 4.78. The van der Waals surface area contributed by atoms with Crippen LogP contribution in [0.3, 0.4) is 0 Å². The Balaban J connectivity index is 2.82. The number of ether oxygens (including phenoxy) is 1. The Kier molecular flexibility index (Phi) is 5.62. The lowest BCUT2D eigenvalue weighted by molar-refractivity contribution is -0.138. The van der Waals surface area contributed by atoms with Crippen LogP contribution in [0.4, 0.5) is 5.69 Å². The van der Waals surface area contributed by atoms with Crippen LogP contribution in [0.25, 0.3) is 0 Å². The summed E-state index contributed by atoms with van der Waals surface area (Å²) in [6.07, 6.45) is 1.37. The van der Waals surface area contributed by atoms with Crippen LogP contribution in [0.2, 0.25) is 0 Å². The van der Waals surface area contributed by atoms with Crippen LogP contribution in [-0.4, -0.2) is 12.6 Å². The van der Waals surface area contributed by atoms with Gasteiger partial charge in [-0.2, -0.15) is 5.26 Å². The number of nitriles is 1. The molecule has 1 aromatic rings. The number of benzene rings is 1. The molecule has 0 saturated carbocycles. The standard InChI is InChI=1S/C15H18N2O2/c1-4-19-15(18)13(9-16)10-17-14-7-5-6-12(8-14)11(2)3/h5-8,10-11,17H,4H2,1-3H3/b13-10+. The molecule has 1 aromatic carbocycles. The lowest BCUT2D eigenvalue weighted by Gasteiger charge is -2.08. The Morgan fingerprint density at radius 3 is 2.84 bits per heavy atom. The first-order valence-corrected chi connectivity index (χ1v) is 6.22. The number of rotatable bonds is 5. The molecule has 0 aliphatic rings. The maximum Gasteiger partial charge on any atom is 0.350 e. The van der Waals surface area contributed by atoms with Crippen molar-refractivity contribution in [1.82, 2.24) is 0 Å². The van der Waals surface area contributed by atoms with Gasteiger partial charge < -0.3 is 10.1 Å². The van der Waals surface area contributed by atoms with Gasteiger partial charge in [0.1, 0.15) is 6.07 Å². The van der Waals surface area contributed by atoms with Crippen molar-refractivity contribution < 1.29 is 9.53 Å². The Morgan fingerprint density at radius 2 is 2.26 bits per heavy atom. The van der Waals surface area contributed by atoms with Crippen molar-refractivity contribution in [2.75, 3.05) is 11.9 Å². The fraction of sp³-hybridized carbons (Fsp3) is 0.333. The minimum absolute atomic E-state index is 0.0446. The highest BCUT2D eigenvalue weighted by atomic mass is 16.5.